The Bertz CT molecular complexity index is 337. The van der Waals surface area contributed by atoms with Crippen LogP contribution < -0.4 is 11.1 Å². The SMILES string of the molecule is CCNCCC=Cc1cc(Cl)cnc1N. The molecule has 0 bridgehead atoms. The predicted octanol–water partition coefficient (Wildman–Crippen LogP) is 2.33. The maximum absolute atomic E-state index is 5.82. The van der Waals surface area contributed by atoms with E-state index in [1.807, 2.05) is 12.1 Å². The van der Waals surface area contributed by atoms with E-state index in [1.54, 1.807) is 6.20 Å². The zero-order chi connectivity index (χ0) is 11.1. The van der Waals surface area contributed by atoms with E-state index in [2.05, 4.69) is 23.3 Å². The number of pyridine rings is 1. The number of anilines is 1. The van der Waals surface area contributed by atoms with Crippen LogP contribution in [-0.2, 0) is 0 Å². The van der Waals surface area contributed by atoms with Gasteiger partial charge in [-0.1, -0.05) is 30.7 Å². The summed E-state index contributed by atoms with van der Waals surface area (Å²) in [6, 6.07) is 1.81. The second-order valence-corrected chi connectivity index (χ2v) is 3.61. The summed E-state index contributed by atoms with van der Waals surface area (Å²) >= 11 is 5.82. The Kier molecular flexibility index (Phi) is 5.15. The van der Waals surface area contributed by atoms with Crippen molar-refractivity contribution < 1.29 is 0 Å². The van der Waals surface area contributed by atoms with Gasteiger partial charge in [0, 0.05) is 11.8 Å². The number of nitrogens with one attached hydrogen (secondary N) is 1. The number of nitrogens with zero attached hydrogens (tertiary/aromatic N) is 1. The quantitative estimate of drug-likeness (QED) is 0.757. The molecule has 0 amide bonds. The van der Waals surface area contributed by atoms with Crippen LogP contribution in [0.2, 0.25) is 5.02 Å². The van der Waals surface area contributed by atoms with Gasteiger partial charge in [-0.3, -0.25) is 0 Å². The summed E-state index contributed by atoms with van der Waals surface area (Å²) in [5.74, 6) is 0.513. The van der Waals surface area contributed by atoms with Crippen LogP contribution >= 0.6 is 11.6 Å². The first-order valence-corrected chi connectivity index (χ1v) is 5.40. The van der Waals surface area contributed by atoms with Crippen LogP contribution in [0.4, 0.5) is 5.82 Å². The van der Waals surface area contributed by atoms with E-state index < -0.39 is 0 Å². The average molecular weight is 226 g/mol. The van der Waals surface area contributed by atoms with Gasteiger partial charge in [0.2, 0.25) is 0 Å². The third kappa shape index (κ3) is 4.32. The van der Waals surface area contributed by atoms with Gasteiger partial charge in [0.1, 0.15) is 5.82 Å². The van der Waals surface area contributed by atoms with Gasteiger partial charge < -0.3 is 11.1 Å². The van der Waals surface area contributed by atoms with Crippen LogP contribution in [0.3, 0.4) is 0 Å². The van der Waals surface area contributed by atoms with E-state index in [0.717, 1.165) is 25.1 Å². The van der Waals surface area contributed by atoms with Crippen LogP contribution in [0.25, 0.3) is 6.08 Å². The monoisotopic (exact) mass is 225 g/mol. The largest absolute Gasteiger partial charge is 0.383 e. The number of aromatic nitrogens is 1. The lowest BCUT2D eigenvalue weighted by Gasteiger charge is -2.00. The molecule has 3 nitrogen and oxygen atoms in total. The summed E-state index contributed by atoms with van der Waals surface area (Å²) in [4.78, 5) is 3.97. The maximum Gasteiger partial charge on any atom is 0.130 e. The number of nitrogen functional groups attached to an aromatic ring is 1. The predicted molar refractivity (Wildman–Crippen MR) is 65.9 cm³/mol. The highest BCUT2D eigenvalue weighted by Gasteiger charge is 1.96. The van der Waals surface area contributed by atoms with Crippen LogP contribution in [0, 0.1) is 0 Å². The van der Waals surface area contributed by atoms with Crippen LogP contribution in [0.15, 0.2) is 18.3 Å². The standard InChI is InChI=1S/C11H16ClN3/c1-2-14-6-4-3-5-9-7-10(12)8-15-11(9)13/h3,5,7-8,14H,2,4,6H2,1H3,(H2,13,15). The first-order valence-electron chi connectivity index (χ1n) is 5.02. The fourth-order valence-electron chi connectivity index (χ4n) is 1.17. The van der Waals surface area contributed by atoms with Gasteiger partial charge in [-0.25, -0.2) is 4.98 Å². The van der Waals surface area contributed by atoms with E-state index in [-0.39, 0.29) is 0 Å². The van der Waals surface area contributed by atoms with E-state index in [0.29, 0.717) is 10.8 Å². The van der Waals surface area contributed by atoms with Crippen molar-refractivity contribution >= 4 is 23.5 Å². The molecule has 1 rings (SSSR count). The minimum Gasteiger partial charge on any atom is -0.383 e. The Morgan fingerprint density at radius 3 is 3.13 bits per heavy atom. The molecular weight excluding hydrogens is 210 g/mol. The second-order valence-electron chi connectivity index (χ2n) is 3.17. The molecule has 0 unspecified atom stereocenters. The van der Waals surface area contributed by atoms with E-state index in [4.69, 9.17) is 17.3 Å². The number of rotatable bonds is 5. The highest BCUT2D eigenvalue weighted by atomic mass is 35.5. The van der Waals surface area contributed by atoms with Crippen molar-refractivity contribution in [2.24, 2.45) is 0 Å². The van der Waals surface area contributed by atoms with Gasteiger partial charge >= 0.3 is 0 Å². The van der Waals surface area contributed by atoms with Crippen molar-refractivity contribution in [1.29, 1.82) is 0 Å². The number of halogens is 1. The third-order valence-electron chi connectivity index (χ3n) is 1.95. The van der Waals surface area contributed by atoms with Gasteiger partial charge in [0.05, 0.1) is 5.02 Å². The summed E-state index contributed by atoms with van der Waals surface area (Å²) < 4.78 is 0. The molecule has 0 spiro atoms. The molecule has 15 heavy (non-hydrogen) atoms. The fourth-order valence-corrected chi connectivity index (χ4v) is 1.34. The van der Waals surface area contributed by atoms with Gasteiger partial charge in [0.15, 0.2) is 0 Å². The molecule has 4 heteroatoms. The first kappa shape index (κ1) is 12.0. The Balaban J connectivity index is 2.52. The van der Waals surface area contributed by atoms with Crippen molar-refractivity contribution in [3.63, 3.8) is 0 Å². The van der Waals surface area contributed by atoms with Gasteiger partial charge in [-0.2, -0.15) is 0 Å². The van der Waals surface area contributed by atoms with Crippen molar-refractivity contribution in [3.05, 3.63) is 28.9 Å². The van der Waals surface area contributed by atoms with Crippen LogP contribution in [0.5, 0.6) is 0 Å². The Morgan fingerprint density at radius 2 is 2.40 bits per heavy atom. The second kappa shape index (κ2) is 6.43. The van der Waals surface area contributed by atoms with E-state index in [1.165, 1.54) is 0 Å². The van der Waals surface area contributed by atoms with Crippen molar-refractivity contribution in [2.75, 3.05) is 18.8 Å². The molecule has 0 saturated carbocycles. The third-order valence-corrected chi connectivity index (χ3v) is 2.16. The van der Waals surface area contributed by atoms with Gasteiger partial charge in [-0.05, 0) is 25.6 Å². The molecule has 0 saturated heterocycles. The molecule has 3 N–H and O–H groups in total. The summed E-state index contributed by atoms with van der Waals surface area (Å²) in [5, 5.41) is 3.84. The highest BCUT2D eigenvalue weighted by Crippen LogP contribution is 2.16. The number of nitrogens with two attached hydrogens (primary N) is 1. The molecule has 0 aromatic carbocycles. The molecule has 1 aromatic rings. The van der Waals surface area contributed by atoms with Gasteiger partial charge in [-0.15, -0.1) is 0 Å². The molecule has 0 atom stereocenters. The van der Waals surface area contributed by atoms with Crippen molar-refractivity contribution in [1.82, 2.24) is 10.3 Å². The molecule has 0 aliphatic heterocycles. The Hall–Kier alpha value is -1.06. The Morgan fingerprint density at radius 1 is 1.60 bits per heavy atom. The maximum atomic E-state index is 5.82. The first-order chi connectivity index (χ1) is 7.24. The molecular formula is C11H16ClN3. The van der Waals surface area contributed by atoms with E-state index >= 15 is 0 Å². The summed E-state index contributed by atoms with van der Waals surface area (Å²) in [7, 11) is 0. The zero-order valence-corrected chi connectivity index (χ0v) is 9.59. The molecule has 1 heterocycles. The normalized spacial score (nSPS) is 11.1. The highest BCUT2D eigenvalue weighted by molar-refractivity contribution is 6.30. The molecule has 1 aromatic heterocycles. The molecule has 0 aliphatic rings. The van der Waals surface area contributed by atoms with Crippen molar-refractivity contribution in [3.8, 4) is 0 Å². The average Bonchev–Trinajstić information content (AvgIpc) is 2.23. The molecule has 0 aliphatic carbocycles. The lowest BCUT2D eigenvalue weighted by Crippen LogP contribution is -2.12. The topological polar surface area (TPSA) is 50.9 Å². The fraction of sp³-hybridized carbons (Fsp3) is 0.364. The zero-order valence-electron chi connectivity index (χ0n) is 8.83. The summed E-state index contributed by atoms with van der Waals surface area (Å²) in [6.45, 7) is 4.05. The minimum absolute atomic E-state index is 0.513. The molecule has 0 fully saturated rings. The Labute approximate surface area is 95.3 Å². The molecule has 0 radical (unpaired) electrons. The van der Waals surface area contributed by atoms with Gasteiger partial charge in [0.25, 0.3) is 0 Å². The number of hydrogen-bond acceptors (Lipinski definition) is 3. The summed E-state index contributed by atoms with van der Waals surface area (Å²) in [5.41, 5.74) is 6.57. The van der Waals surface area contributed by atoms with E-state index in [9.17, 15) is 0 Å². The minimum atomic E-state index is 0.513. The lowest BCUT2D eigenvalue weighted by atomic mass is 10.2. The smallest absolute Gasteiger partial charge is 0.130 e. The summed E-state index contributed by atoms with van der Waals surface area (Å²) in [6.07, 6.45) is 6.53. The van der Waals surface area contributed by atoms with Crippen LogP contribution in [0.1, 0.15) is 18.9 Å². The van der Waals surface area contributed by atoms with Crippen LogP contribution in [-0.4, -0.2) is 18.1 Å². The van der Waals surface area contributed by atoms with Crippen molar-refractivity contribution in [2.45, 2.75) is 13.3 Å². The number of hydrogen-bond donors (Lipinski definition) is 2. The lowest BCUT2D eigenvalue weighted by molar-refractivity contribution is 0.727. The molecule has 82 valence electrons.